The van der Waals surface area contributed by atoms with Gasteiger partial charge in [-0.1, -0.05) is 6.42 Å². The fourth-order valence-corrected chi connectivity index (χ4v) is 4.81. The number of piperidine rings is 2. The van der Waals surface area contributed by atoms with E-state index in [1.54, 1.807) is 18.7 Å². The topological polar surface area (TPSA) is 88.2 Å². The normalized spacial score (nSPS) is 24.2. The van der Waals surface area contributed by atoms with E-state index in [1.807, 2.05) is 0 Å². The Morgan fingerprint density at radius 1 is 1.23 bits per heavy atom. The Morgan fingerprint density at radius 2 is 1.97 bits per heavy atom. The van der Waals surface area contributed by atoms with Gasteiger partial charge in [-0.15, -0.1) is 0 Å². The van der Waals surface area contributed by atoms with Crippen LogP contribution in [0.25, 0.3) is 0 Å². The summed E-state index contributed by atoms with van der Waals surface area (Å²) in [4.78, 5) is 41.3. The fraction of sp³-hybridized carbons (Fsp3) is 0.773. The van der Waals surface area contributed by atoms with E-state index < -0.39 is 11.6 Å². The van der Waals surface area contributed by atoms with Crippen molar-refractivity contribution in [2.24, 2.45) is 0 Å². The molecule has 3 heterocycles. The first kappa shape index (κ1) is 22.6. The van der Waals surface area contributed by atoms with Crippen molar-refractivity contribution in [2.45, 2.75) is 70.9 Å². The van der Waals surface area contributed by atoms with Gasteiger partial charge in [0.05, 0.1) is 12.2 Å². The first-order chi connectivity index (χ1) is 14.4. The van der Waals surface area contributed by atoms with Crippen molar-refractivity contribution in [1.29, 1.82) is 0 Å². The maximum Gasteiger partial charge on any atom is 0.409 e. The molecule has 8 heteroatoms. The molecule has 0 aromatic rings. The largest absolute Gasteiger partial charge is 0.450 e. The van der Waals surface area contributed by atoms with Crippen molar-refractivity contribution >= 4 is 18.0 Å². The zero-order chi connectivity index (χ0) is 21.7. The van der Waals surface area contributed by atoms with Crippen LogP contribution in [0.5, 0.6) is 0 Å². The van der Waals surface area contributed by atoms with Gasteiger partial charge in [0.2, 0.25) is 0 Å². The number of nitrogens with zero attached hydrogens (tertiary/aromatic N) is 2. The van der Waals surface area contributed by atoms with Gasteiger partial charge in [-0.25, -0.2) is 9.59 Å². The second-order valence-corrected chi connectivity index (χ2v) is 8.56. The SMILES string of the molecule is CCOC(=O)N1CCC2(CC1)OC(=O)C(C)=C2C(=O)NCCCN1CCCCC1C. The van der Waals surface area contributed by atoms with Gasteiger partial charge in [-0.3, -0.25) is 4.79 Å². The van der Waals surface area contributed by atoms with Crippen LogP contribution in [-0.2, 0) is 19.1 Å². The minimum absolute atomic E-state index is 0.227. The summed E-state index contributed by atoms with van der Waals surface area (Å²) in [5.74, 6) is -0.665. The average molecular weight is 422 g/mol. The lowest BCUT2D eigenvalue weighted by atomic mass is 9.83. The third-order valence-corrected chi connectivity index (χ3v) is 6.60. The molecule has 1 unspecified atom stereocenters. The molecule has 1 atom stereocenters. The Bertz CT molecular complexity index is 697. The molecule has 2 fully saturated rings. The van der Waals surface area contributed by atoms with Crippen LogP contribution in [0.3, 0.4) is 0 Å². The van der Waals surface area contributed by atoms with Crippen LogP contribution in [0.15, 0.2) is 11.1 Å². The molecule has 0 aliphatic carbocycles. The molecule has 0 aromatic heterocycles. The zero-order valence-corrected chi connectivity index (χ0v) is 18.5. The van der Waals surface area contributed by atoms with E-state index in [0.29, 0.717) is 56.3 Å². The van der Waals surface area contributed by atoms with E-state index in [1.165, 1.54) is 19.3 Å². The average Bonchev–Trinajstić information content (AvgIpc) is 2.96. The highest BCUT2D eigenvalue weighted by Crippen LogP contribution is 2.41. The standard InChI is InChI=1S/C22H35N3O5/c1-4-29-21(28)25-14-9-22(10-15-25)18(17(3)20(27)30-22)19(26)23-11-7-13-24-12-6-5-8-16(24)2/h16H,4-15H2,1-3H3,(H,23,26). The Balaban J connectivity index is 1.55. The predicted octanol–water partition coefficient (Wildman–Crippen LogP) is 2.23. The maximum atomic E-state index is 13.0. The highest BCUT2D eigenvalue weighted by Gasteiger charge is 2.51. The van der Waals surface area contributed by atoms with Gasteiger partial charge < -0.3 is 24.6 Å². The Kier molecular flexibility index (Phi) is 7.39. The molecule has 0 radical (unpaired) electrons. The van der Waals surface area contributed by atoms with Gasteiger partial charge in [-0.2, -0.15) is 0 Å². The summed E-state index contributed by atoms with van der Waals surface area (Å²) in [6.07, 6.45) is 5.10. The number of carbonyl (C=O) groups is 3. The number of rotatable bonds is 6. The number of nitrogens with one attached hydrogen (secondary N) is 1. The summed E-state index contributed by atoms with van der Waals surface area (Å²) in [6, 6.07) is 0.605. The molecule has 2 saturated heterocycles. The third kappa shape index (κ3) is 4.79. The number of ether oxygens (including phenoxy) is 2. The number of amides is 2. The van der Waals surface area contributed by atoms with E-state index in [2.05, 4.69) is 17.1 Å². The zero-order valence-electron chi connectivity index (χ0n) is 18.5. The molecule has 30 heavy (non-hydrogen) atoms. The molecule has 0 aromatic carbocycles. The number of hydrogen-bond acceptors (Lipinski definition) is 6. The molecule has 0 bridgehead atoms. The van der Waals surface area contributed by atoms with Crippen molar-refractivity contribution in [1.82, 2.24) is 15.1 Å². The summed E-state index contributed by atoms with van der Waals surface area (Å²) < 4.78 is 10.7. The van der Waals surface area contributed by atoms with Crippen LogP contribution in [0, 0.1) is 0 Å². The molecule has 1 spiro atoms. The molecule has 8 nitrogen and oxygen atoms in total. The summed E-state index contributed by atoms with van der Waals surface area (Å²) in [5, 5.41) is 2.99. The molecule has 3 aliphatic rings. The Morgan fingerprint density at radius 3 is 2.63 bits per heavy atom. The van der Waals surface area contributed by atoms with Crippen molar-refractivity contribution in [3.8, 4) is 0 Å². The summed E-state index contributed by atoms with van der Waals surface area (Å²) in [5.41, 5.74) is -0.126. The molecule has 168 valence electrons. The highest BCUT2D eigenvalue weighted by molar-refractivity contribution is 6.07. The summed E-state index contributed by atoms with van der Waals surface area (Å²) in [7, 11) is 0. The first-order valence-electron chi connectivity index (χ1n) is 11.3. The van der Waals surface area contributed by atoms with Gasteiger partial charge in [0.1, 0.15) is 5.60 Å². The smallest absolute Gasteiger partial charge is 0.409 e. The van der Waals surface area contributed by atoms with Gasteiger partial charge in [0.15, 0.2) is 0 Å². The third-order valence-electron chi connectivity index (χ3n) is 6.60. The van der Waals surface area contributed by atoms with Crippen LogP contribution in [0.2, 0.25) is 0 Å². The number of esters is 1. The van der Waals surface area contributed by atoms with Gasteiger partial charge in [0, 0.05) is 50.6 Å². The summed E-state index contributed by atoms with van der Waals surface area (Å²) in [6.45, 7) is 9.44. The molecule has 2 amide bonds. The Labute approximate surface area is 178 Å². The van der Waals surface area contributed by atoms with E-state index >= 15 is 0 Å². The van der Waals surface area contributed by atoms with E-state index in [9.17, 15) is 14.4 Å². The van der Waals surface area contributed by atoms with Gasteiger partial charge >= 0.3 is 12.1 Å². The van der Waals surface area contributed by atoms with Crippen LogP contribution in [0.4, 0.5) is 4.79 Å². The van der Waals surface area contributed by atoms with Gasteiger partial charge in [-0.05, 0) is 46.6 Å². The summed E-state index contributed by atoms with van der Waals surface area (Å²) >= 11 is 0. The van der Waals surface area contributed by atoms with E-state index in [0.717, 1.165) is 19.5 Å². The van der Waals surface area contributed by atoms with Crippen molar-refractivity contribution in [3.05, 3.63) is 11.1 Å². The highest BCUT2D eigenvalue weighted by atomic mass is 16.6. The lowest BCUT2D eigenvalue weighted by Gasteiger charge is -2.38. The van der Waals surface area contributed by atoms with Crippen molar-refractivity contribution < 1.29 is 23.9 Å². The van der Waals surface area contributed by atoms with Crippen molar-refractivity contribution in [2.75, 3.05) is 39.3 Å². The molecule has 1 N–H and O–H groups in total. The van der Waals surface area contributed by atoms with Crippen LogP contribution in [0.1, 0.15) is 59.3 Å². The number of hydrogen-bond donors (Lipinski definition) is 1. The fourth-order valence-electron chi connectivity index (χ4n) is 4.81. The van der Waals surface area contributed by atoms with E-state index in [4.69, 9.17) is 9.47 Å². The quantitative estimate of drug-likeness (QED) is 0.523. The minimum atomic E-state index is -0.935. The molecular formula is C22H35N3O5. The molecular weight excluding hydrogens is 386 g/mol. The lowest BCUT2D eigenvalue weighted by molar-refractivity contribution is -0.150. The maximum absolute atomic E-state index is 13.0. The molecule has 0 saturated carbocycles. The first-order valence-corrected chi connectivity index (χ1v) is 11.3. The number of likely N-dealkylation sites (tertiary alicyclic amines) is 2. The van der Waals surface area contributed by atoms with E-state index in [-0.39, 0.29) is 12.0 Å². The molecule has 3 aliphatic heterocycles. The van der Waals surface area contributed by atoms with Crippen LogP contribution >= 0.6 is 0 Å². The number of carbonyl (C=O) groups excluding carboxylic acids is 3. The second kappa shape index (κ2) is 9.81. The minimum Gasteiger partial charge on any atom is -0.450 e. The molecule has 3 rings (SSSR count). The second-order valence-electron chi connectivity index (χ2n) is 8.56. The van der Waals surface area contributed by atoms with Crippen molar-refractivity contribution in [3.63, 3.8) is 0 Å². The van der Waals surface area contributed by atoms with Crippen LogP contribution in [-0.4, -0.2) is 78.7 Å². The van der Waals surface area contributed by atoms with Gasteiger partial charge in [0.25, 0.3) is 5.91 Å². The Hall–Kier alpha value is -2.09. The lowest BCUT2D eigenvalue weighted by Crippen LogP contribution is -2.50. The van der Waals surface area contributed by atoms with Crippen LogP contribution < -0.4 is 5.32 Å². The monoisotopic (exact) mass is 421 g/mol. The predicted molar refractivity (Wildman–Crippen MR) is 112 cm³/mol.